The summed E-state index contributed by atoms with van der Waals surface area (Å²) in [7, 11) is 0. The van der Waals surface area contributed by atoms with E-state index < -0.39 is 0 Å². The van der Waals surface area contributed by atoms with Gasteiger partial charge in [0.1, 0.15) is 5.75 Å². The summed E-state index contributed by atoms with van der Waals surface area (Å²) in [6, 6.07) is 14.3. The van der Waals surface area contributed by atoms with Crippen LogP contribution in [0.3, 0.4) is 0 Å². The highest BCUT2D eigenvalue weighted by atomic mass is 16.3. The van der Waals surface area contributed by atoms with Crippen LogP contribution in [0.15, 0.2) is 67.0 Å². The van der Waals surface area contributed by atoms with E-state index in [1.807, 2.05) is 24.3 Å². The number of phenols is 1. The van der Waals surface area contributed by atoms with Crippen LogP contribution in [0.1, 0.15) is 15.9 Å². The summed E-state index contributed by atoms with van der Waals surface area (Å²) >= 11 is 0. The van der Waals surface area contributed by atoms with Crippen molar-refractivity contribution >= 4 is 22.6 Å². The van der Waals surface area contributed by atoms with Crippen molar-refractivity contribution < 1.29 is 9.90 Å². The lowest BCUT2D eigenvalue weighted by Gasteiger charge is -2.00. The number of pyridine rings is 1. The van der Waals surface area contributed by atoms with Gasteiger partial charge in [-0.2, -0.15) is 0 Å². The fourth-order valence-electron chi connectivity index (χ4n) is 2.15. The van der Waals surface area contributed by atoms with Crippen LogP contribution in [0.2, 0.25) is 0 Å². The number of nitrogens with zero attached hydrogens (tertiary/aromatic N) is 1. The summed E-state index contributed by atoms with van der Waals surface area (Å²) in [6.45, 7) is 0. The molecule has 1 N–H and O–H groups in total. The number of hydrogen-bond donors (Lipinski definition) is 1. The van der Waals surface area contributed by atoms with Crippen molar-refractivity contribution in [2.45, 2.75) is 0 Å². The van der Waals surface area contributed by atoms with E-state index >= 15 is 0 Å². The van der Waals surface area contributed by atoms with Gasteiger partial charge in [-0.1, -0.05) is 30.3 Å². The Kier molecular flexibility index (Phi) is 3.48. The van der Waals surface area contributed by atoms with Gasteiger partial charge < -0.3 is 5.11 Å². The molecule has 3 heteroatoms. The minimum Gasteiger partial charge on any atom is -0.507 e. The number of ketones is 1. The first-order valence-corrected chi connectivity index (χ1v) is 6.58. The average Bonchev–Trinajstić information content (AvgIpc) is 2.53. The Morgan fingerprint density at radius 1 is 1.05 bits per heavy atom. The maximum atomic E-state index is 12.0. The smallest absolute Gasteiger partial charge is 0.189 e. The molecule has 1 heterocycles. The Morgan fingerprint density at radius 3 is 2.76 bits per heavy atom. The third kappa shape index (κ3) is 2.82. The normalized spacial score (nSPS) is 11.0. The molecule has 0 spiro atoms. The highest BCUT2D eigenvalue weighted by Gasteiger charge is 2.06. The van der Waals surface area contributed by atoms with Gasteiger partial charge in [0.05, 0.1) is 5.56 Å². The molecule has 3 rings (SSSR count). The van der Waals surface area contributed by atoms with Gasteiger partial charge in [0.25, 0.3) is 0 Å². The molecule has 0 saturated carbocycles. The monoisotopic (exact) mass is 275 g/mol. The molecule has 0 bridgehead atoms. The molecule has 2 aromatic carbocycles. The van der Waals surface area contributed by atoms with E-state index in [0.29, 0.717) is 5.56 Å². The standard InChI is InChI=1S/C18H13NO2/c20-17-4-2-1-3-16(17)18(21)8-6-13-5-7-15-12-19-10-9-14(15)11-13/h1-12,20H. The van der Waals surface area contributed by atoms with Crippen LogP contribution in [0.4, 0.5) is 0 Å². The lowest BCUT2D eigenvalue weighted by atomic mass is 10.1. The number of hydrogen-bond acceptors (Lipinski definition) is 3. The van der Waals surface area contributed by atoms with E-state index in [9.17, 15) is 9.90 Å². The predicted molar refractivity (Wildman–Crippen MR) is 83.2 cm³/mol. The number of carbonyl (C=O) groups is 1. The molecule has 102 valence electrons. The van der Waals surface area contributed by atoms with E-state index in [2.05, 4.69) is 4.98 Å². The Balaban J connectivity index is 1.87. The summed E-state index contributed by atoms with van der Waals surface area (Å²) in [4.78, 5) is 16.1. The Labute approximate surface area is 122 Å². The van der Waals surface area contributed by atoms with Gasteiger partial charge >= 0.3 is 0 Å². The number of fused-ring (bicyclic) bond motifs is 1. The number of benzene rings is 2. The molecule has 0 unspecified atom stereocenters. The van der Waals surface area contributed by atoms with Gasteiger partial charge in [-0.3, -0.25) is 9.78 Å². The van der Waals surface area contributed by atoms with E-state index in [-0.39, 0.29) is 11.5 Å². The van der Waals surface area contributed by atoms with Crippen molar-refractivity contribution in [3.63, 3.8) is 0 Å². The maximum absolute atomic E-state index is 12.0. The molecule has 3 nitrogen and oxygen atoms in total. The van der Waals surface area contributed by atoms with Gasteiger partial charge in [0.15, 0.2) is 5.78 Å². The second kappa shape index (κ2) is 5.59. The van der Waals surface area contributed by atoms with Crippen LogP contribution < -0.4 is 0 Å². The molecule has 0 aliphatic heterocycles. The van der Waals surface area contributed by atoms with Crippen LogP contribution >= 0.6 is 0 Å². The number of allylic oxidation sites excluding steroid dienone is 1. The minimum absolute atomic E-state index is 0.00302. The molecule has 3 aromatic rings. The lowest BCUT2D eigenvalue weighted by Crippen LogP contribution is -1.94. The SMILES string of the molecule is O=C(C=Cc1ccc2cnccc2c1)c1ccccc1O. The Morgan fingerprint density at radius 2 is 1.90 bits per heavy atom. The topological polar surface area (TPSA) is 50.2 Å². The van der Waals surface area contributed by atoms with Crippen molar-refractivity contribution in [2.75, 3.05) is 0 Å². The molecule has 0 aliphatic rings. The molecule has 0 atom stereocenters. The summed E-state index contributed by atoms with van der Waals surface area (Å²) in [5.41, 5.74) is 1.23. The first-order valence-electron chi connectivity index (χ1n) is 6.58. The maximum Gasteiger partial charge on any atom is 0.189 e. The van der Waals surface area contributed by atoms with Crippen LogP contribution in [0, 0.1) is 0 Å². The fourth-order valence-corrected chi connectivity index (χ4v) is 2.15. The van der Waals surface area contributed by atoms with Crippen molar-refractivity contribution in [1.82, 2.24) is 4.98 Å². The lowest BCUT2D eigenvalue weighted by molar-refractivity contribution is 0.104. The summed E-state index contributed by atoms with van der Waals surface area (Å²) < 4.78 is 0. The van der Waals surface area contributed by atoms with Gasteiger partial charge in [-0.25, -0.2) is 0 Å². The zero-order valence-electron chi connectivity index (χ0n) is 11.2. The van der Waals surface area contributed by atoms with E-state index in [1.165, 1.54) is 12.1 Å². The quantitative estimate of drug-likeness (QED) is 0.583. The Bertz CT molecular complexity index is 837. The van der Waals surface area contributed by atoms with Crippen molar-refractivity contribution in [2.24, 2.45) is 0 Å². The molecular weight excluding hydrogens is 262 g/mol. The van der Waals surface area contributed by atoms with Crippen LogP contribution in [0.25, 0.3) is 16.8 Å². The van der Waals surface area contributed by atoms with Crippen LogP contribution in [-0.4, -0.2) is 15.9 Å². The second-order valence-corrected chi connectivity index (χ2v) is 4.70. The van der Waals surface area contributed by atoms with Gasteiger partial charge in [-0.15, -0.1) is 0 Å². The number of aromatic hydroxyl groups is 1. The molecular formula is C18H13NO2. The third-order valence-corrected chi connectivity index (χ3v) is 3.26. The number of aromatic nitrogens is 1. The number of para-hydroxylation sites is 1. The molecule has 0 fully saturated rings. The average molecular weight is 275 g/mol. The molecule has 0 amide bonds. The van der Waals surface area contributed by atoms with Crippen molar-refractivity contribution in [1.29, 1.82) is 0 Å². The Hall–Kier alpha value is -2.94. The fraction of sp³-hybridized carbons (Fsp3) is 0. The van der Waals surface area contributed by atoms with Crippen LogP contribution in [0.5, 0.6) is 5.75 Å². The molecule has 21 heavy (non-hydrogen) atoms. The zero-order valence-corrected chi connectivity index (χ0v) is 11.2. The minimum atomic E-state index is -0.220. The number of phenolic OH excluding ortho intramolecular Hbond substituents is 1. The summed E-state index contributed by atoms with van der Waals surface area (Å²) in [6.07, 6.45) is 6.75. The summed E-state index contributed by atoms with van der Waals surface area (Å²) in [5.74, 6) is -0.223. The highest BCUT2D eigenvalue weighted by molar-refractivity contribution is 6.08. The molecule has 0 aliphatic carbocycles. The summed E-state index contributed by atoms with van der Waals surface area (Å²) in [5, 5.41) is 11.8. The predicted octanol–water partition coefficient (Wildman–Crippen LogP) is 3.84. The molecule has 1 aromatic heterocycles. The molecule has 0 radical (unpaired) electrons. The van der Waals surface area contributed by atoms with Gasteiger partial charge in [0, 0.05) is 17.8 Å². The molecule has 0 saturated heterocycles. The van der Waals surface area contributed by atoms with Crippen molar-refractivity contribution in [3.05, 3.63) is 78.1 Å². The second-order valence-electron chi connectivity index (χ2n) is 4.70. The van der Waals surface area contributed by atoms with Gasteiger partial charge in [0.2, 0.25) is 0 Å². The first-order chi connectivity index (χ1) is 10.2. The zero-order chi connectivity index (χ0) is 14.7. The number of carbonyl (C=O) groups excluding carboxylic acids is 1. The van der Waals surface area contributed by atoms with Crippen LogP contribution in [-0.2, 0) is 0 Å². The van der Waals surface area contributed by atoms with Crippen molar-refractivity contribution in [3.8, 4) is 5.75 Å². The first kappa shape index (κ1) is 13.1. The van der Waals surface area contributed by atoms with E-state index in [4.69, 9.17) is 0 Å². The van der Waals surface area contributed by atoms with E-state index in [1.54, 1.807) is 36.7 Å². The largest absolute Gasteiger partial charge is 0.507 e. The van der Waals surface area contributed by atoms with Gasteiger partial charge in [-0.05, 0) is 41.3 Å². The third-order valence-electron chi connectivity index (χ3n) is 3.26. The number of rotatable bonds is 3. The highest BCUT2D eigenvalue weighted by Crippen LogP contribution is 2.18. The van der Waals surface area contributed by atoms with E-state index in [0.717, 1.165) is 16.3 Å².